The lowest BCUT2D eigenvalue weighted by atomic mass is 10.1. The molecule has 1 unspecified atom stereocenters. The molecule has 1 atom stereocenters. The summed E-state index contributed by atoms with van der Waals surface area (Å²) >= 11 is 3.46. The van der Waals surface area contributed by atoms with Crippen molar-refractivity contribution in [3.05, 3.63) is 28.2 Å². The van der Waals surface area contributed by atoms with Crippen molar-refractivity contribution >= 4 is 27.5 Å². The van der Waals surface area contributed by atoms with Gasteiger partial charge in [-0.3, -0.25) is 9.69 Å². The van der Waals surface area contributed by atoms with Crippen molar-refractivity contribution < 1.29 is 4.79 Å². The van der Waals surface area contributed by atoms with Crippen LogP contribution in [-0.4, -0.2) is 50.6 Å². The zero-order chi connectivity index (χ0) is 14.0. The molecule has 4 nitrogen and oxygen atoms in total. The first kappa shape index (κ1) is 14.5. The number of anilines is 1. The van der Waals surface area contributed by atoms with E-state index in [4.69, 9.17) is 0 Å². The van der Waals surface area contributed by atoms with Crippen molar-refractivity contribution in [2.24, 2.45) is 0 Å². The average Bonchev–Trinajstić information content (AvgIpc) is 2.34. The lowest BCUT2D eigenvalue weighted by Gasteiger charge is -2.39. The predicted molar refractivity (Wildman–Crippen MR) is 81.6 cm³/mol. The first-order chi connectivity index (χ1) is 9.02. The van der Waals surface area contributed by atoms with Crippen LogP contribution >= 0.6 is 15.9 Å². The third-order valence-electron chi connectivity index (χ3n) is 3.59. The summed E-state index contributed by atoms with van der Waals surface area (Å²) in [6.45, 7) is 4.13. The molecule has 1 aromatic rings. The van der Waals surface area contributed by atoms with E-state index in [1.54, 1.807) is 0 Å². The van der Waals surface area contributed by atoms with Crippen LogP contribution < -0.4 is 10.2 Å². The molecular weight excluding hydrogens is 306 g/mol. The van der Waals surface area contributed by atoms with Crippen LogP contribution in [-0.2, 0) is 4.79 Å². The maximum atomic E-state index is 12.2. The molecule has 104 valence electrons. The minimum Gasteiger partial charge on any atom is -0.318 e. The summed E-state index contributed by atoms with van der Waals surface area (Å²) in [5.41, 5.74) is 2.14. The molecule has 2 rings (SSSR count). The smallest absolute Gasteiger partial charge is 0.241 e. The maximum Gasteiger partial charge on any atom is 0.241 e. The van der Waals surface area contributed by atoms with Crippen molar-refractivity contribution in [1.82, 2.24) is 10.2 Å². The SMILES string of the molecule is CNCC1CN(c2ccc(Br)cc2C)C(=O)CN1C. The van der Waals surface area contributed by atoms with Crippen LogP contribution in [0.2, 0.25) is 0 Å². The quantitative estimate of drug-likeness (QED) is 0.917. The van der Waals surface area contributed by atoms with Gasteiger partial charge in [0.25, 0.3) is 0 Å². The van der Waals surface area contributed by atoms with Crippen LogP contribution in [0.5, 0.6) is 0 Å². The number of nitrogens with one attached hydrogen (secondary N) is 1. The summed E-state index contributed by atoms with van der Waals surface area (Å²) in [6, 6.07) is 6.40. The van der Waals surface area contributed by atoms with Crippen LogP contribution in [0, 0.1) is 6.92 Å². The second-order valence-electron chi connectivity index (χ2n) is 5.06. The van der Waals surface area contributed by atoms with E-state index in [1.807, 2.05) is 44.1 Å². The van der Waals surface area contributed by atoms with E-state index in [-0.39, 0.29) is 5.91 Å². The van der Waals surface area contributed by atoms with E-state index < -0.39 is 0 Å². The highest BCUT2D eigenvalue weighted by atomic mass is 79.9. The Morgan fingerprint density at radius 1 is 1.47 bits per heavy atom. The van der Waals surface area contributed by atoms with Crippen molar-refractivity contribution in [2.45, 2.75) is 13.0 Å². The van der Waals surface area contributed by atoms with Gasteiger partial charge in [0.15, 0.2) is 0 Å². The lowest BCUT2D eigenvalue weighted by molar-refractivity contribution is -0.121. The normalized spacial score (nSPS) is 20.9. The number of aryl methyl sites for hydroxylation is 1. The number of piperazine rings is 1. The van der Waals surface area contributed by atoms with Gasteiger partial charge < -0.3 is 10.2 Å². The van der Waals surface area contributed by atoms with Gasteiger partial charge in [0.05, 0.1) is 6.54 Å². The standard InChI is InChI=1S/C14H20BrN3O/c1-10-6-11(15)4-5-13(10)18-8-12(7-16-2)17(3)9-14(18)19/h4-6,12,16H,7-9H2,1-3H3. The van der Waals surface area contributed by atoms with Gasteiger partial charge in [0.2, 0.25) is 5.91 Å². The maximum absolute atomic E-state index is 12.2. The van der Waals surface area contributed by atoms with Crippen LogP contribution in [0.1, 0.15) is 5.56 Å². The van der Waals surface area contributed by atoms with E-state index >= 15 is 0 Å². The third kappa shape index (κ3) is 3.16. The number of hydrogen-bond donors (Lipinski definition) is 1. The van der Waals surface area contributed by atoms with E-state index in [0.29, 0.717) is 12.6 Å². The van der Waals surface area contributed by atoms with Crippen molar-refractivity contribution in [2.75, 3.05) is 38.6 Å². The van der Waals surface area contributed by atoms with Crippen LogP contribution in [0.25, 0.3) is 0 Å². The fourth-order valence-electron chi connectivity index (χ4n) is 2.49. The number of carbonyl (C=O) groups is 1. The third-order valence-corrected chi connectivity index (χ3v) is 4.09. The second-order valence-corrected chi connectivity index (χ2v) is 5.98. The molecule has 1 saturated heterocycles. The highest BCUT2D eigenvalue weighted by molar-refractivity contribution is 9.10. The Kier molecular flexibility index (Phi) is 4.60. The predicted octanol–water partition coefficient (Wildman–Crippen LogP) is 1.62. The molecule has 1 fully saturated rings. The Labute approximate surface area is 122 Å². The largest absolute Gasteiger partial charge is 0.318 e. The summed E-state index contributed by atoms with van der Waals surface area (Å²) in [5, 5.41) is 3.19. The van der Waals surface area contributed by atoms with Crippen LogP contribution in [0.3, 0.4) is 0 Å². The van der Waals surface area contributed by atoms with Gasteiger partial charge in [0, 0.05) is 29.3 Å². The first-order valence-electron chi connectivity index (χ1n) is 6.44. The number of likely N-dealkylation sites (N-methyl/N-ethyl adjacent to an activating group) is 2. The molecule has 0 spiro atoms. The van der Waals surface area contributed by atoms with E-state index in [9.17, 15) is 4.79 Å². The Balaban J connectivity index is 2.25. The number of carbonyl (C=O) groups excluding carboxylic acids is 1. The molecule has 1 aliphatic heterocycles. The lowest BCUT2D eigenvalue weighted by Crippen LogP contribution is -2.57. The molecule has 19 heavy (non-hydrogen) atoms. The minimum absolute atomic E-state index is 0.167. The average molecular weight is 326 g/mol. The van der Waals surface area contributed by atoms with Gasteiger partial charge in [0.1, 0.15) is 0 Å². The van der Waals surface area contributed by atoms with Crippen LogP contribution in [0.15, 0.2) is 22.7 Å². The molecule has 0 bridgehead atoms. The molecule has 5 heteroatoms. The van der Waals surface area contributed by atoms with Gasteiger partial charge in [-0.2, -0.15) is 0 Å². The number of amides is 1. The number of hydrogen-bond acceptors (Lipinski definition) is 3. The molecule has 0 aromatic heterocycles. The zero-order valence-electron chi connectivity index (χ0n) is 11.6. The number of halogens is 1. The summed E-state index contributed by atoms with van der Waals surface area (Å²) in [5.74, 6) is 0.167. The molecule has 1 heterocycles. The minimum atomic E-state index is 0.167. The Bertz CT molecular complexity index is 478. The second kappa shape index (κ2) is 6.03. The first-order valence-corrected chi connectivity index (χ1v) is 7.23. The van der Waals surface area contributed by atoms with E-state index in [0.717, 1.165) is 28.8 Å². The summed E-state index contributed by atoms with van der Waals surface area (Å²) < 4.78 is 1.04. The topological polar surface area (TPSA) is 35.6 Å². The number of benzene rings is 1. The Morgan fingerprint density at radius 2 is 2.21 bits per heavy atom. The number of nitrogens with zero attached hydrogens (tertiary/aromatic N) is 2. The molecule has 1 aromatic carbocycles. The number of rotatable bonds is 3. The van der Waals surface area contributed by atoms with Gasteiger partial charge in [-0.05, 0) is 44.8 Å². The van der Waals surface area contributed by atoms with E-state index in [2.05, 4.69) is 26.1 Å². The van der Waals surface area contributed by atoms with Crippen molar-refractivity contribution in [3.8, 4) is 0 Å². The van der Waals surface area contributed by atoms with Gasteiger partial charge in [-0.15, -0.1) is 0 Å². The van der Waals surface area contributed by atoms with Gasteiger partial charge in [-0.1, -0.05) is 15.9 Å². The molecule has 1 N–H and O–H groups in total. The molecular formula is C14H20BrN3O. The molecule has 0 saturated carbocycles. The summed E-state index contributed by atoms with van der Waals surface area (Å²) in [4.78, 5) is 16.3. The molecule has 0 aliphatic carbocycles. The van der Waals surface area contributed by atoms with Gasteiger partial charge >= 0.3 is 0 Å². The fraction of sp³-hybridized carbons (Fsp3) is 0.500. The Morgan fingerprint density at radius 3 is 2.84 bits per heavy atom. The molecule has 1 amide bonds. The van der Waals surface area contributed by atoms with Crippen molar-refractivity contribution in [1.29, 1.82) is 0 Å². The molecule has 1 aliphatic rings. The van der Waals surface area contributed by atoms with Crippen molar-refractivity contribution in [3.63, 3.8) is 0 Å². The Hall–Kier alpha value is -0.910. The van der Waals surface area contributed by atoms with E-state index in [1.165, 1.54) is 0 Å². The highest BCUT2D eigenvalue weighted by Gasteiger charge is 2.30. The molecule has 0 radical (unpaired) electrons. The summed E-state index contributed by atoms with van der Waals surface area (Å²) in [7, 11) is 3.95. The van der Waals surface area contributed by atoms with Gasteiger partial charge in [-0.25, -0.2) is 0 Å². The fourth-order valence-corrected chi connectivity index (χ4v) is 2.97. The van der Waals surface area contributed by atoms with Crippen LogP contribution in [0.4, 0.5) is 5.69 Å². The monoisotopic (exact) mass is 325 g/mol. The summed E-state index contributed by atoms with van der Waals surface area (Å²) in [6.07, 6.45) is 0. The highest BCUT2D eigenvalue weighted by Crippen LogP contribution is 2.26. The zero-order valence-corrected chi connectivity index (χ0v) is 13.2.